The van der Waals surface area contributed by atoms with E-state index in [9.17, 15) is 4.79 Å². The van der Waals surface area contributed by atoms with Crippen LogP contribution in [0.5, 0.6) is 0 Å². The molecule has 0 spiro atoms. The molecule has 0 aromatic rings. The van der Waals surface area contributed by atoms with Crippen molar-refractivity contribution in [2.24, 2.45) is 5.92 Å². The van der Waals surface area contributed by atoms with Gasteiger partial charge in [0.1, 0.15) is 6.10 Å². The van der Waals surface area contributed by atoms with Gasteiger partial charge in [0.2, 0.25) is 0 Å². The molecule has 0 aromatic heterocycles. The maximum Gasteiger partial charge on any atom is 0.310 e. The second-order valence-corrected chi connectivity index (χ2v) is 5.78. The molecule has 0 saturated carbocycles. The van der Waals surface area contributed by atoms with Crippen LogP contribution in [0.3, 0.4) is 0 Å². The van der Waals surface area contributed by atoms with Crippen molar-refractivity contribution in [3.8, 4) is 0 Å². The van der Waals surface area contributed by atoms with Crippen LogP contribution in [0, 0.1) is 5.92 Å². The van der Waals surface area contributed by atoms with Crippen molar-refractivity contribution < 1.29 is 9.53 Å². The molecule has 2 rings (SSSR count). The predicted molar refractivity (Wildman–Crippen MR) is 47.5 cm³/mol. The van der Waals surface area contributed by atoms with Crippen LogP contribution >= 0.6 is 21.6 Å². The number of carbonyl (C=O) groups is 1. The molecule has 2 heterocycles. The zero-order valence-corrected chi connectivity index (χ0v) is 7.91. The minimum atomic E-state index is 0.0234. The van der Waals surface area contributed by atoms with E-state index in [1.165, 1.54) is 0 Å². The van der Waals surface area contributed by atoms with E-state index in [2.05, 4.69) is 6.92 Å². The first kappa shape index (κ1) is 7.80. The molecule has 2 aliphatic rings. The van der Waals surface area contributed by atoms with Gasteiger partial charge in [0.15, 0.2) is 0 Å². The van der Waals surface area contributed by atoms with E-state index in [0.717, 1.165) is 12.2 Å². The van der Waals surface area contributed by atoms with Gasteiger partial charge in [-0.05, 0) is 6.42 Å². The van der Waals surface area contributed by atoms with E-state index in [4.69, 9.17) is 4.74 Å². The minimum absolute atomic E-state index is 0.0234. The number of ether oxygens (including phenoxy) is 1. The molecule has 2 nitrogen and oxygen atoms in total. The Morgan fingerprint density at radius 1 is 1.64 bits per heavy atom. The van der Waals surface area contributed by atoms with Crippen LogP contribution in [0.1, 0.15) is 13.3 Å². The largest absolute Gasteiger partial charge is 0.461 e. The maximum absolute atomic E-state index is 11.2. The Labute approximate surface area is 73.8 Å². The van der Waals surface area contributed by atoms with Crippen molar-refractivity contribution in [3.63, 3.8) is 0 Å². The van der Waals surface area contributed by atoms with Gasteiger partial charge in [0.05, 0.1) is 5.92 Å². The Hall–Kier alpha value is 0.170. The second kappa shape index (κ2) is 2.90. The van der Waals surface area contributed by atoms with Gasteiger partial charge in [-0.2, -0.15) is 0 Å². The lowest BCUT2D eigenvalue weighted by atomic mass is 10.0. The van der Waals surface area contributed by atoms with Crippen molar-refractivity contribution in [2.45, 2.75) is 24.7 Å². The van der Waals surface area contributed by atoms with E-state index in [1.54, 1.807) is 0 Å². The van der Waals surface area contributed by atoms with E-state index >= 15 is 0 Å². The number of fused-ring (bicyclic) bond motifs is 2. The van der Waals surface area contributed by atoms with Gasteiger partial charge in [-0.1, -0.05) is 28.5 Å². The SMILES string of the molecule is CC1SSCC2CC1C(=O)O2. The summed E-state index contributed by atoms with van der Waals surface area (Å²) in [5.41, 5.74) is 0. The lowest BCUT2D eigenvalue weighted by Gasteiger charge is -2.13. The highest BCUT2D eigenvalue weighted by Gasteiger charge is 2.40. The number of hydrogen-bond acceptors (Lipinski definition) is 4. The second-order valence-electron chi connectivity index (χ2n) is 2.99. The highest BCUT2D eigenvalue weighted by Crippen LogP contribution is 2.42. The highest BCUT2D eigenvalue weighted by molar-refractivity contribution is 8.77. The van der Waals surface area contributed by atoms with Gasteiger partial charge in [-0.25, -0.2) is 0 Å². The Morgan fingerprint density at radius 2 is 2.45 bits per heavy atom. The third-order valence-corrected chi connectivity index (χ3v) is 5.15. The first-order chi connectivity index (χ1) is 5.27. The lowest BCUT2D eigenvalue weighted by molar-refractivity contribution is -0.143. The zero-order chi connectivity index (χ0) is 7.84. The fraction of sp³-hybridized carbons (Fsp3) is 0.857. The third-order valence-electron chi connectivity index (χ3n) is 2.14. The molecular weight excluding hydrogens is 180 g/mol. The van der Waals surface area contributed by atoms with Crippen molar-refractivity contribution in [1.82, 2.24) is 0 Å². The summed E-state index contributed by atoms with van der Waals surface area (Å²) in [5, 5.41) is 0.431. The van der Waals surface area contributed by atoms with Crippen LogP contribution in [0.25, 0.3) is 0 Å². The fourth-order valence-corrected chi connectivity index (χ4v) is 4.20. The summed E-state index contributed by atoms with van der Waals surface area (Å²) in [6.07, 6.45) is 1.15. The predicted octanol–water partition coefficient (Wildman–Crippen LogP) is 1.70. The molecule has 3 atom stereocenters. The summed E-state index contributed by atoms with van der Waals surface area (Å²) in [6.45, 7) is 2.11. The molecule has 2 fully saturated rings. The average molecular weight is 190 g/mol. The van der Waals surface area contributed by atoms with Crippen molar-refractivity contribution >= 4 is 27.6 Å². The fourth-order valence-electron chi connectivity index (χ4n) is 1.45. The summed E-state index contributed by atoms with van der Waals surface area (Å²) in [5.74, 6) is 1.16. The topological polar surface area (TPSA) is 26.3 Å². The van der Waals surface area contributed by atoms with Gasteiger partial charge >= 0.3 is 5.97 Å². The molecule has 11 heavy (non-hydrogen) atoms. The van der Waals surface area contributed by atoms with E-state index in [1.807, 2.05) is 21.6 Å². The summed E-state index contributed by atoms with van der Waals surface area (Å²) in [6, 6.07) is 0. The quantitative estimate of drug-likeness (QED) is 0.429. The van der Waals surface area contributed by atoms with Crippen LogP contribution in [-0.2, 0) is 9.53 Å². The number of hydrogen-bond donors (Lipinski definition) is 0. The normalized spacial score (nSPS) is 43.4. The molecule has 0 amide bonds. The monoisotopic (exact) mass is 190 g/mol. The summed E-state index contributed by atoms with van der Waals surface area (Å²) >= 11 is 0. The van der Waals surface area contributed by atoms with E-state index in [-0.39, 0.29) is 18.0 Å². The molecule has 0 aliphatic carbocycles. The van der Waals surface area contributed by atoms with Crippen molar-refractivity contribution in [3.05, 3.63) is 0 Å². The first-order valence-electron chi connectivity index (χ1n) is 3.76. The molecule has 4 heteroatoms. The van der Waals surface area contributed by atoms with Crippen molar-refractivity contribution in [1.29, 1.82) is 0 Å². The smallest absolute Gasteiger partial charge is 0.310 e. The molecule has 2 bridgehead atoms. The number of carbonyl (C=O) groups excluding carboxylic acids is 1. The van der Waals surface area contributed by atoms with Crippen LogP contribution < -0.4 is 0 Å². The zero-order valence-electron chi connectivity index (χ0n) is 6.28. The Morgan fingerprint density at radius 3 is 3.27 bits per heavy atom. The molecule has 0 aromatic carbocycles. The highest BCUT2D eigenvalue weighted by atomic mass is 33.1. The van der Waals surface area contributed by atoms with Gasteiger partial charge in [-0.3, -0.25) is 4.79 Å². The third kappa shape index (κ3) is 1.38. The van der Waals surface area contributed by atoms with Crippen LogP contribution in [-0.4, -0.2) is 23.1 Å². The summed E-state index contributed by atoms with van der Waals surface area (Å²) < 4.78 is 5.16. The summed E-state index contributed by atoms with van der Waals surface area (Å²) in [7, 11) is 3.65. The Kier molecular flexibility index (Phi) is 2.06. The molecule has 0 N–H and O–H groups in total. The van der Waals surface area contributed by atoms with Gasteiger partial charge in [0.25, 0.3) is 0 Å². The lowest BCUT2D eigenvalue weighted by Crippen LogP contribution is -2.18. The van der Waals surface area contributed by atoms with Gasteiger partial charge in [0, 0.05) is 11.0 Å². The standard InChI is InChI=1S/C7H10O2S2/c1-4-6-2-5(3-10-11-4)9-7(6)8/h4-6H,2-3H2,1H3. The molecule has 2 saturated heterocycles. The van der Waals surface area contributed by atoms with E-state index < -0.39 is 0 Å². The molecular formula is C7H10O2S2. The van der Waals surface area contributed by atoms with Crippen LogP contribution in [0.4, 0.5) is 0 Å². The molecule has 0 radical (unpaired) electrons. The van der Waals surface area contributed by atoms with E-state index in [0.29, 0.717) is 5.25 Å². The van der Waals surface area contributed by atoms with Gasteiger partial charge < -0.3 is 4.74 Å². The molecule has 62 valence electrons. The van der Waals surface area contributed by atoms with Crippen LogP contribution in [0.15, 0.2) is 0 Å². The van der Waals surface area contributed by atoms with Crippen LogP contribution in [0.2, 0.25) is 0 Å². The Balaban J connectivity index is 2.15. The first-order valence-corrected chi connectivity index (χ1v) is 6.14. The van der Waals surface area contributed by atoms with Crippen molar-refractivity contribution in [2.75, 3.05) is 5.75 Å². The number of esters is 1. The summed E-state index contributed by atoms with van der Waals surface area (Å²) in [4.78, 5) is 11.2. The maximum atomic E-state index is 11.2. The minimum Gasteiger partial charge on any atom is -0.461 e. The molecule has 2 aliphatic heterocycles. The average Bonchev–Trinajstić information content (AvgIpc) is 2.20. The number of rotatable bonds is 0. The Bertz CT molecular complexity index is 183. The molecule has 3 unspecified atom stereocenters. The van der Waals surface area contributed by atoms with Gasteiger partial charge in [-0.15, -0.1) is 0 Å².